The molecule has 2 heterocycles. The molecule has 1 unspecified atom stereocenters. The van der Waals surface area contributed by atoms with E-state index in [0.717, 1.165) is 37.1 Å². The van der Waals surface area contributed by atoms with Crippen LogP contribution in [0.5, 0.6) is 5.75 Å². The zero-order valence-electron chi connectivity index (χ0n) is 20.3. The number of rotatable bonds is 9. The van der Waals surface area contributed by atoms with Gasteiger partial charge in [-0.3, -0.25) is 4.79 Å². The fourth-order valence-corrected chi connectivity index (χ4v) is 4.53. The Bertz CT molecular complexity index is 1060. The van der Waals surface area contributed by atoms with Crippen molar-refractivity contribution in [2.24, 2.45) is 11.8 Å². The highest BCUT2D eigenvalue weighted by atomic mass is 19.1. The highest BCUT2D eigenvalue weighted by Crippen LogP contribution is 2.32. The molecule has 1 fully saturated rings. The van der Waals surface area contributed by atoms with Gasteiger partial charge in [0, 0.05) is 24.9 Å². The highest BCUT2D eigenvalue weighted by molar-refractivity contribution is 5.82. The first-order valence-corrected chi connectivity index (χ1v) is 12.4. The molecule has 1 amide bonds. The second-order valence-electron chi connectivity index (χ2n) is 9.59. The van der Waals surface area contributed by atoms with Gasteiger partial charge in [-0.25, -0.2) is 4.39 Å². The smallest absolute Gasteiger partial charge is 0.324 e. The van der Waals surface area contributed by atoms with Gasteiger partial charge in [-0.1, -0.05) is 31.1 Å². The molecule has 0 radical (unpaired) electrons. The average Bonchev–Trinajstić information content (AvgIpc) is 3.38. The van der Waals surface area contributed by atoms with Crippen LogP contribution in [0, 0.1) is 17.7 Å². The Balaban J connectivity index is 1.26. The monoisotopic (exact) mass is 484 g/mol. The van der Waals surface area contributed by atoms with E-state index in [1.54, 1.807) is 6.07 Å². The Morgan fingerprint density at radius 3 is 2.74 bits per heavy atom. The number of amides is 1. The molecule has 4 rings (SSSR count). The van der Waals surface area contributed by atoms with Gasteiger partial charge in [0.15, 0.2) is 17.4 Å². The Morgan fingerprint density at radius 2 is 2.11 bits per heavy atom. The predicted octanol–water partition coefficient (Wildman–Crippen LogP) is 4.13. The van der Waals surface area contributed by atoms with Crippen molar-refractivity contribution in [3.63, 3.8) is 0 Å². The molecule has 8 nitrogen and oxygen atoms in total. The average molecular weight is 485 g/mol. The van der Waals surface area contributed by atoms with Gasteiger partial charge in [0.25, 0.3) is 0 Å². The number of ether oxygens (including phenoxy) is 1. The lowest BCUT2D eigenvalue weighted by Gasteiger charge is -2.30. The number of benzene rings is 1. The van der Waals surface area contributed by atoms with Crippen LogP contribution >= 0.6 is 0 Å². The SMILES string of the molecule is CC(C)c1noc(N2CCC(COc3ccc(C4=CCC(C(=O)NCC=O)CC4)cc3F)CC2)n1. The summed E-state index contributed by atoms with van der Waals surface area (Å²) in [5, 5.41) is 6.63. The molecule has 1 N–H and O–H groups in total. The molecule has 1 aromatic carbocycles. The third-order valence-electron chi connectivity index (χ3n) is 6.75. The summed E-state index contributed by atoms with van der Waals surface area (Å²) in [4.78, 5) is 29.0. The molecule has 0 saturated carbocycles. The molecule has 1 saturated heterocycles. The molecular weight excluding hydrogens is 451 g/mol. The van der Waals surface area contributed by atoms with Crippen molar-refractivity contribution >= 4 is 23.8 Å². The van der Waals surface area contributed by atoms with Gasteiger partial charge in [0.1, 0.15) is 6.29 Å². The van der Waals surface area contributed by atoms with Crippen LogP contribution in [0.4, 0.5) is 10.4 Å². The Labute approximate surface area is 204 Å². The zero-order chi connectivity index (χ0) is 24.8. The predicted molar refractivity (Wildman–Crippen MR) is 130 cm³/mol. The number of nitrogens with one attached hydrogen (secondary N) is 1. The lowest BCUT2D eigenvalue weighted by Crippen LogP contribution is -2.35. The normalized spacial score (nSPS) is 18.9. The maximum absolute atomic E-state index is 14.8. The Morgan fingerprint density at radius 1 is 1.31 bits per heavy atom. The van der Waals surface area contributed by atoms with Gasteiger partial charge in [0.2, 0.25) is 5.91 Å². The van der Waals surface area contributed by atoms with Gasteiger partial charge in [-0.15, -0.1) is 0 Å². The topological polar surface area (TPSA) is 97.6 Å². The van der Waals surface area contributed by atoms with Crippen LogP contribution in [-0.2, 0) is 9.59 Å². The van der Waals surface area contributed by atoms with Crippen LogP contribution in [-0.4, -0.2) is 48.6 Å². The van der Waals surface area contributed by atoms with Gasteiger partial charge >= 0.3 is 6.01 Å². The third-order valence-corrected chi connectivity index (χ3v) is 6.75. The summed E-state index contributed by atoms with van der Waals surface area (Å²) in [6.07, 6.45) is 6.44. The molecule has 0 bridgehead atoms. The number of hydrogen-bond acceptors (Lipinski definition) is 7. The van der Waals surface area contributed by atoms with Crippen molar-refractivity contribution in [2.45, 2.75) is 51.9 Å². The number of aromatic nitrogens is 2. The van der Waals surface area contributed by atoms with E-state index in [0.29, 0.717) is 49.9 Å². The van der Waals surface area contributed by atoms with E-state index in [4.69, 9.17) is 9.26 Å². The molecule has 35 heavy (non-hydrogen) atoms. The number of carbonyl (C=O) groups excluding carboxylic acids is 2. The molecule has 188 valence electrons. The van der Waals surface area contributed by atoms with E-state index in [-0.39, 0.29) is 35.9 Å². The van der Waals surface area contributed by atoms with Crippen molar-refractivity contribution in [2.75, 3.05) is 31.1 Å². The number of aldehydes is 1. The van der Waals surface area contributed by atoms with Crippen LogP contribution in [0.1, 0.15) is 63.3 Å². The summed E-state index contributed by atoms with van der Waals surface area (Å²) in [5.74, 6) is 0.914. The minimum Gasteiger partial charge on any atom is -0.490 e. The quantitative estimate of drug-likeness (QED) is 0.535. The van der Waals surface area contributed by atoms with Crippen LogP contribution in [0.25, 0.3) is 5.57 Å². The maximum atomic E-state index is 14.8. The van der Waals surface area contributed by atoms with E-state index >= 15 is 0 Å². The van der Waals surface area contributed by atoms with E-state index < -0.39 is 0 Å². The Hall–Kier alpha value is -3.23. The van der Waals surface area contributed by atoms with Gasteiger partial charge < -0.3 is 24.3 Å². The summed E-state index contributed by atoms with van der Waals surface area (Å²) >= 11 is 0. The first-order chi connectivity index (χ1) is 16.9. The summed E-state index contributed by atoms with van der Waals surface area (Å²) in [5.41, 5.74) is 1.85. The minimum atomic E-state index is -0.376. The zero-order valence-corrected chi connectivity index (χ0v) is 20.3. The van der Waals surface area contributed by atoms with Crippen LogP contribution < -0.4 is 15.0 Å². The number of halogens is 1. The fourth-order valence-electron chi connectivity index (χ4n) is 4.53. The van der Waals surface area contributed by atoms with Crippen molar-refractivity contribution in [3.05, 3.63) is 41.5 Å². The highest BCUT2D eigenvalue weighted by Gasteiger charge is 2.25. The van der Waals surface area contributed by atoms with Crippen LogP contribution in [0.3, 0.4) is 0 Å². The molecule has 1 atom stereocenters. The standard InChI is InChI=1S/C26H33FN4O4/c1-17(2)24-29-26(35-30-24)31-12-9-18(10-13-31)16-34-23-8-7-21(15-22(23)27)19-3-5-20(6-4-19)25(33)28-11-14-32/h3,7-8,14-15,17-18,20H,4-6,9-13,16H2,1-2H3,(H,28,33). The number of carbonyl (C=O) groups is 2. The van der Waals surface area contributed by atoms with Crippen molar-refractivity contribution in [1.29, 1.82) is 0 Å². The van der Waals surface area contributed by atoms with Crippen molar-refractivity contribution < 1.29 is 23.2 Å². The van der Waals surface area contributed by atoms with E-state index in [2.05, 4.69) is 20.4 Å². The molecule has 9 heteroatoms. The number of allylic oxidation sites excluding steroid dienone is 2. The van der Waals surface area contributed by atoms with Crippen LogP contribution in [0.2, 0.25) is 0 Å². The third kappa shape index (κ3) is 6.26. The molecule has 2 aliphatic rings. The lowest BCUT2D eigenvalue weighted by molar-refractivity contribution is -0.126. The maximum Gasteiger partial charge on any atom is 0.324 e. The number of nitrogens with zero attached hydrogens (tertiary/aromatic N) is 3. The molecule has 1 aliphatic carbocycles. The summed E-state index contributed by atoms with van der Waals surface area (Å²) in [6, 6.07) is 5.65. The molecule has 0 spiro atoms. The van der Waals surface area contributed by atoms with Gasteiger partial charge in [-0.05, 0) is 61.3 Å². The van der Waals surface area contributed by atoms with E-state index in [1.165, 1.54) is 6.07 Å². The van der Waals surface area contributed by atoms with Gasteiger partial charge in [0.05, 0.1) is 13.2 Å². The van der Waals surface area contributed by atoms with Crippen molar-refractivity contribution in [3.8, 4) is 5.75 Å². The summed E-state index contributed by atoms with van der Waals surface area (Å²) in [6.45, 7) is 6.17. The van der Waals surface area contributed by atoms with Crippen LogP contribution in [0.15, 0.2) is 28.8 Å². The van der Waals surface area contributed by atoms with E-state index in [9.17, 15) is 14.0 Å². The second-order valence-corrected chi connectivity index (χ2v) is 9.59. The van der Waals surface area contributed by atoms with E-state index in [1.807, 2.05) is 26.0 Å². The summed E-state index contributed by atoms with van der Waals surface area (Å²) in [7, 11) is 0. The minimum absolute atomic E-state index is 0.0372. The first kappa shape index (κ1) is 24.9. The van der Waals surface area contributed by atoms with Gasteiger partial charge in [-0.2, -0.15) is 4.98 Å². The molecule has 2 aromatic rings. The second kappa shape index (κ2) is 11.5. The molecule has 1 aliphatic heterocycles. The Kier molecular flexibility index (Phi) is 8.15. The molecule has 1 aromatic heterocycles. The first-order valence-electron chi connectivity index (χ1n) is 12.4. The summed E-state index contributed by atoms with van der Waals surface area (Å²) < 4.78 is 26.0. The number of anilines is 1. The number of piperidine rings is 1. The molecular formula is C26H33FN4O4. The largest absolute Gasteiger partial charge is 0.490 e. The van der Waals surface area contributed by atoms with Crippen molar-refractivity contribution in [1.82, 2.24) is 15.5 Å². The lowest BCUT2D eigenvalue weighted by atomic mass is 9.86. The number of hydrogen-bond donors (Lipinski definition) is 1. The fraction of sp³-hybridized carbons (Fsp3) is 0.538.